The van der Waals surface area contributed by atoms with Crippen LogP contribution in [-0.4, -0.2) is 23.3 Å². The normalized spacial score (nSPS) is 15.9. The number of fused-ring (bicyclic) bond motifs is 1. The van der Waals surface area contributed by atoms with Gasteiger partial charge in [0.05, 0.1) is 16.1 Å². The maximum absolute atomic E-state index is 12.9. The zero-order chi connectivity index (χ0) is 23.1. The van der Waals surface area contributed by atoms with Crippen LogP contribution in [0.2, 0.25) is 0 Å². The highest BCUT2D eigenvalue weighted by Crippen LogP contribution is 2.32. The summed E-state index contributed by atoms with van der Waals surface area (Å²) in [5.41, 5.74) is 6.98. The molecule has 2 amide bonds. The van der Waals surface area contributed by atoms with E-state index in [1.807, 2.05) is 62.4 Å². The molecule has 5 rings (SSSR count). The van der Waals surface area contributed by atoms with Crippen molar-refractivity contribution in [1.82, 2.24) is 4.98 Å². The number of amides is 2. The molecule has 1 N–H and O–H groups in total. The Labute approximate surface area is 197 Å². The van der Waals surface area contributed by atoms with E-state index >= 15 is 0 Å². The number of nitrogens with one attached hydrogen (secondary N) is 1. The van der Waals surface area contributed by atoms with Crippen molar-refractivity contribution in [2.24, 2.45) is 5.92 Å². The standard InChI is InChI=1S/C27H25N3O2S/c1-16-4-6-18(3)23(12-16)30-15-20(14-25(30)31)26(32)28-21-9-7-19(8-10-21)27-29-22-11-5-17(2)13-24(22)33-27/h4-13,20H,14-15H2,1-3H3,(H,28,32). The van der Waals surface area contributed by atoms with E-state index in [1.165, 1.54) is 10.3 Å². The summed E-state index contributed by atoms with van der Waals surface area (Å²) in [5.74, 6) is -0.505. The van der Waals surface area contributed by atoms with Crippen molar-refractivity contribution < 1.29 is 9.59 Å². The highest BCUT2D eigenvalue weighted by atomic mass is 32.1. The maximum atomic E-state index is 12.9. The third-order valence-corrected chi connectivity index (χ3v) is 7.16. The summed E-state index contributed by atoms with van der Waals surface area (Å²) < 4.78 is 1.17. The van der Waals surface area contributed by atoms with Crippen molar-refractivity contribution in [2.75, 3.05) is 16.8 Å². The Kier molecular flexibility index (Phi) is 5.46. The first-order valence-electron chi connectivity index (χ1n) is 11.0. The monoisotopic (exact) mass is 455 g/mol. The summed E-state index contributed by atoms with van der Waals surface area (Å²) in [5, 5.41) is 3.94. The molecule has 1 saturated heterocycles. The predicted octanol–water partition coefficient (Wildman–Crippen LogP) is 5.88. The van der Waals surface area contributed by atoms with E-state index in [4.69, 9.17) is 4.98 Å². The number of hydrogen-bond donors (Lipinski definition) is 1. The highest BCUT2D eigenvalue weighted by molar-refractivity contribution is 7.21. The van der Waals surface area contributed by atoms with E-state index in [9.17, 15) is 9.59 Å². The molecular weight excluding hydrogens is 430 g/mol. The topological polar surface area (TPSA) is 62.3 Å². The molecule has 33 heavy (non-hydrogen) atoms. The zero-order valence-corrected chi connectivity index (χ0v) is 19.7. The summed E-state index contributed by atoms with van der Waals surface area (Å²) in [6.07, 6.45) is 0.225. The van der Waals surface area contributed by atoms with Crippen LogP contribution in [0.25, 0.3) is 20.8 Å². The molecule has 166 valence electrons. The Morgan fingerprint density at radius 3 is 2.52 bits per heavy atom. The second-order valence-electron chi connectivity index (χ2n) is 8.75. The number of rotatable bonds is 4. The van der Waals surface area contributed by atoms with Gasteiger partial charge >= 0.3 is 0 Å². The van der Waals surface area contributed by atoms with Gasteiger partial charge in [-0.3, -0.25) is 9.59 Å². The quantitative estimate of drug-likeness (QED) is 0.418. The zero-order valence-electron chi connectivity index (χ0n) is 18.9. The summed E-state index contributed by atoms with van der Waals surface area (Å²) in [6, 6.07) is 20.1. The van der Waals surface area contributed by atoms with Crippen LogP contribution in [0.15, 0.2) is 60.7 Å². The minimum atomic E-state index is -0.371. The fourth-order valence-electron chi connectivity index (χ4n) is 4.22. The minimum Gasteiger partial charge on any atom is -0.326 e. The Bertz CT molecular complexity index is 1370. The number of carbonyl (C=O) groups excluding carboxylic acids is 2. The number of anilines is 2. The van der Waals surface area contributed by atoms with Gasteiger partial charge in [-0.05, 0) is 79.9 Å². The lowest BCUT2D eigenvalue weighted by Gasteiger charge is -2.19. The number of aryl methyl sites for hydroxylation is 3. The molecule has 1 atom stereocenters. The van der Waals surface area contributed by atoms with E-state index < -0.39 is 0 Å². The number of carbonyl (C=O) groups is 2. The van der Waals surface area contributed by atoms with E-state index in [2.05, 4.69) is 24.4 Å². The molecule has 0 bridgehead atoms. The average molecular weight is 456 g/mol. The lowest BCUT2D eigenvalue weighted by Crippen LogP contribution is -2.28. The number of hydrogen-bond acceptors (Lipinski definition) is 4. The molecule has 1 unspecified atom stereocenters. The van der Waals surface area contributed by atoms with Gasteiger partial charge in [-0.1, -0.05) is 18.2 Å². The van der Waals surface area contributed by atoms with Crippen LogP contribution in [0.3, 0.4) is 0 Å². The van der Waals surface area contributed by atoms with Crippen molar-refractivity contribution in [3.63, 3.8) is 0 Å². The fourth-order valence-corrected chi connectivity index (χ4v) is 5.29. The van der Waals surface area contributed by atoms with Gasteiger partial charge in [0.25, 0.3) is 0 Å². The molecule has 3 aromatic carbocycles. The second kappa shape index (κ2) is 8.45. The molecule has 5 nitrogen and oxygen atoms in total. The first-order chi connectivity index (χ1) is 15.9. The molecule has 2 heterocycles. The van der Waals surface area contributed by atoms with Gasteiger partial charge in [0.1, 0.15) is 5.01 Å². The Morgan fingerprint density at radius 2 is 1.73 bits per heavy atom. The van der Waals surface area contributed by atoms with Crippen LogP contribution >= 0.6 is 11.3 Å². The van der Waals surface area contributed by atoms with Crippen molar-refractivity contribution in [3.8, 4) is 10.6 Å². The number of thiazole rings is 1. The van der Waals surface area contributed by atoms with E-state index in [-0.39, 0.29) is 24.2 Å². The Morgan fingerprint density at radius 1 is 1.00 bits per heavy atom. The molecule has 1 aromatic heterocycles. The average Bonchev–Trinajstić information content (AvgIpc) is 3.39. The SMILES string of the molecule is Cc1ccc(C)c(N2CC(C(=O)Nc3ccc(-c4nc5ccc(C)cc5s4)cc3)CC2=O)c1. The van der Waals surface area contributed by atoms with Crippen molar-refractivity contribution >= 4 is 44.7 Å². The molecule has 6 heteroatoms. The Hall–Kier alpha value is -3.51. The molecule has 0 spiro atoms. The van der Waals surface area contributed by atoms with Gasteiger partial charge in [0, 0.05) is 29.9 Å². The second-order valence-corrected chi connectivity index (χ2v) is 9.78. The van der Waals surface area contributed by atoms with Crippen LogP contribution in [0.5, 0.6) is 0 Å². The van der Waals surface area contributed by atoms with Crippen LogP contribution in [0, 0.1) is 26.7 Å². The van der Waals surface area contributed by atoms with Gasteiger partial charge < -0.3 is 10.2 Å². The first-order valence-corrected chi connectivity index (χ1v) is 11.8. The van der Waals surface area contributed by atoms with Gasteiger partial charge in [-0.15, -0.1) is 11.3 Å². The Balaban J connectivity index is 1.28. The highest BCUT2D eigenvalue weighted by Gasteiger charge is 2.35. The van der Waals surface area contributed by atoms with E-state index in [1.54, 1.807) is 16.2 Å². The summed E-state index contributed by atoms with van der Waals surface area (Å²) in [7, 11) is 0. The summed E-state index contributed by atoms with van der Waals surface area (Å²) in [6.45, 7) is 6.48. The summed E-state index contributed by atoms with van der Waals surface area (Å²) >= 11 is 1.66. The number of nitrogens with zero attached hydrogens (tertiary/aromatic N) is 2. The van der Waals surface area contributed by atoms with Gasteiger partial charge in [0.15, 0.2) is 0 Å². The number of aromatic nitrogens is 1. The van der Waals surface area contributed by atoms with Crippen LogP contribution in [-0.2, 0) is 9.59 Å². The van der Waals surface area contributed by atoms with Crippen LogP contribution < -0.4 is 10.2 Å². The molecule has 1 fully saturated rings. The molecule has 1 aliphatic heterocycles. The molecule has 0 saturated carbocycles. The lowest BCUT2D eigenvalue weighted by molar-refractivity contribution is -0.122. The molecule has 1 aliphatic rings. The molecular formula is C27H25N3O2S. The van der Waals surface area contributed by atoms with Gasteiger partial charge in [-0.2, -0.15) is 0 Å². The van der Waals surface area contributed by atoms with Crippen molar-refractivity contribution in [1.29, 1.82) is 0 Å². The summed E-state index contributed by atoms with van der Waals surface area (Å²) in [4.78, 5) is 32.0. The first kappa shape index (κ1) is 21.3. The van der Waals surface area contributed by atoms with Crippen LogP contribution in [0.1, 0.15) is 23.1 Å². The van der Waals surface area contributed by atoms with Crippen LogP contribution in [0.4, 0.5) is 11.4 Å². The third-order valence-electron chi connectivity index (χ3n) is 6.09. The van der Waals surface area contributed by atoms with Gasteiger partial charge in [0.2, 0.25) is 11.8 Å². The number of benzene rings is 3. The fraction of sp³-hybridized carbons (Fsp3) is 0.222. The van der Waals surface area contributed by atoms with E-state index in [0.717, 1.165) is 38.6 Å². The minimum absolute atomic E-state index is 0.00901. The largest absolute Gasteiger partial charge is 0.326 e. The smallest absolute Gasteiger partial charge is 0.229 e. The van der Waals surface area contributed by atoms with Crippen molar-refractivity contribution in [2.45, 2.75) is 27.2 Å². The van der Waals surface area contributed by atoms with Crippen molar-refractivity contribution in [3.05, 3.63) is 77.4 Å². The third kappa shape index (κ3) is 4.26. The van der Waals surface area contributed by atoms with E-state index in [0.29, 0.717) is 6.54 Å². The predicted molar refractivity (Wildman–Crippen MR) is 135 cm³/mol. The maximum Gasteiger partial charge on any atom is 0.229 e. The van der Waals surface area contributed by atoms with Gasteiger partial charge in [-0.25, -0.2) is 4.98 Å². The molecule has 0 aliphatic carbocycles. The molecule has 4 aromatic rings. The lowest BCUT2D eigenvalue weighted by atomic mass is 10.1. The molecule has 0 radical (unpaired) electrons.